The molecule has 5 aromatic rings. The molecular weight excluding hydrogens is 480 g/mol. The lowest BCUT2D eigenvalue weighted by molar-refractivity contribution is -0.0864. The average Bonchev–Trinajstić information content (AvgIpc) is 3.35. The number of para-hydroxylation sites is 1. The number of amides is 1. The molecule has 1 fully saturated rings. The number of carbonyl (C=O) groups excluding carboxylic acids is 1. The van der Waals surface area contributed by atoms with Gasteiger partial charge in [0.1, 0.15) is 11.4 Å². The van der Waals surface area contributed by atoms with Crippen molar-refractivity contribution in [3.8, 4) is 11.4 Å². The molecule has 192 valence electrons. The van der Waals surface area contributed by atoms with E-state index in [0.717, 1.165) is 16.6 Å². The van der Waals surface area contributed by atoms with Gasteiger partial charge < -0.3 is 30.2 Å². The van der Waals surface area contributed by atoms with E-state index in [1.54, 1.807) is 0 Å². The van der Waals surface area contributed by atoms with Gasteiger partial charge in [0.2, 0.25) is 0 Å². The number of H-pyrrole nitrogens is 2. The van der Waals surface area contributed by atoms with Gasteiger partial charge >= 0.3 is 0 Å². The number of aromatic amines is 2. The molecule has 9 heteroatoms. The minimum Gasteiger partial charge on any atom is -0.397 e. The molecule has 0 bridgehead atoms. The summed E-state index contributed by atoms with van der Waals surface area (Å²) in [6.45, 7) is 3.35. The van der Waals surface area contributed by atoms with Crippen molar-refractivity contribution in [2.75, 3.05) is 37.4 Å². The van der Waals surface area contributed by atoms with Crippen LogP contribution in [0.3, 0.4) is 0 Å². The molecule has 0 saturated carbocycles. The van der Waals surface area contributed by atoms with Crippen LogP contribution in [-0.4, -0.2) is 58.2 Å². The fourth-order valence-corrected chi connectivity index (χ4v) is 5.10. The van der Waals surface area contributed by atoms with Crippen molar-refractivity contribution < 1.29 is 9.53 Å². The molecule has 3 aromatic carbocycles. The predicted octanol–water partition coefficient (Wildman–Crippen LogP) is 3.98. The van der Waals surface area contributed by atoms with Crippen LogP contribution in [0.5, 0.6) is 0 Å². The molecule has 3 heterocycles. The molecular formula is C29H28N6O3. The van der Waals surface area contributed by atoms with Crippen molar-refractivity contribution in [3.05, 3.63) is 88.7 Å². The second kappa shape index (κ2) is 9.04. The van der Waals surface area contributed by atoms with Crippen LogP contribution in [0, 0.1) is 0 Å². The number of nitrogens with two attached hydrogens (primary N) is 1. The van der Waals surface area contributed by atoms with Gasteiger partial charge in [0.15, 0.2) is 5.72 Å². The Morgan fingerprint density at radius 2 is 1.82 bits per heavy atom. The Labute approximate surface area is 218 Å². The number of imidazole rings is 1. The summed E-state index contributed by atoms with van der Waals surface area (Å²) in [4.78, 5) is 40.7. The first-order chi connectivity index (χ1) is 18.3. The minimum atomic E-state index is -0.737. The van der Waals surface area contributed by atoms with Crippen LogP contribution in [0.4, 0.5) is 11.4 Å². The maximum atomic E-state index is 13.1. The lowest BCUT2D eigenvalue weighted by Gasteiger charge is -2.46. The molecule has 0 radical (unpaired) electrons. The number of pyridine rings is 1. The maximum absolute atomic E-state index is 13.1. The molecule has 1 aliphatic rings. The Morgan fingerprint density at radius 1 is 1.05 bits per heavy atom. The fourth-order valence-electron chi connectivity index (χ4n) is 5.10. The summed E-state index contributed by atoms with van der Waals surface area (Å²) in [6, 6.07) is 22.5. The molecule has 4 N–H and O–H groups in total. The van der Waals surface area contributed by atoms with E-state index in [2.05, 4.69) is 15.0 Å². The third-order valence-corrected chi connectivity index (χ3v) is 7.33. The number of hydrogen-bond donors (Lipinski definition) is 3. The smallest absolute Gasteiger partial charge is 0.261 e. The molecule has 1 atom stereocenters. The van der Waals surface area contributed by atoms with Gasteiger partial charge in [0.05, 0.1) is 35.4 Å². The number of carbonyl (C=O) groups is 1. The number of nitrogens with one attached hydrogen (secondary N) is 2. The lowest BCUT2D eigenvalue weighted by atomic mass is 10.1. The number of hydrogen-bond acceptors (Lipinski definition) is 6. The topological polar surface area (TPSA) is 120 Å². The van der Waals surface area contributed by atoms with E-state index in [0.29, 0.717) is 53.4 Å². The molecule has 6 rings (SSSR count). The normalized spacial score (nSPS) is 17.7. The van der Waals surface area contributed by atoms with Crippen LogP contribution in [0.1, 0.15) is 17.3 Å². The zero-order valence-corrected chi connectivity index (χ0v) is 21.2. The van der Waals surface area contributed by atoms with Gasteiger partial charge in [0, 0.05) is 30.2 Å². The molecule has 38 heavy (non-hydrogen) atoms. The molecule has 1 unspecified atom stereocenters. The van der Waals surface area contributed by atoms with Crippen molar-refractivity contribution in [3.63, 3.8) is 0 Å². The number of benzene rings is 3. The van der Waals surface area contributed by atoms with Crippen LogP contribution >= 0.6 is 0 Å². The van der Waals surface area contributed by atoms with Crippen LogP contribution in [0.25, 0.3) is 33.3 Å². The van der Waals surface area contributed by atoms with E-state index >= 15 is 0 Å². The van der Waals surface area contributed by atoms with Gasteiger partial charge in [-0.05, 0) is 43.3 Å². The highest BCUT2D eigenvalue weighted by atomic mass is 16.5. The highest BCUT2D eigenvalue weighted by Crippen LogP contribution is 2.32. The van der Waals surface area contributed by atoms with Gasteiger partial charge in [-0.1, -0.05) is 36.4 Å². The summed E-state index contributed by atoms with van der Waals surface area (Å²) in [5.74, 6) is 0.393. The van der Waals surface area contributed by atoms with E-state index < -0.39 is 5.72 Å². The number of nitrogens with zero attached hydrogens (tertiary/aromatic N) is 3. The van der Waals surface area contributed by atoms with Gasteiger partial charge in [-0.25, -0.2) is 4.98 Å². The Balaban J connectivity index is 1.31. The zero-order valence-electron chi connectivity index (χ0n) is 21.2. The van der Waals surface area contributed by atoms with Gasteiger partial charge in [-0.15, -0.1) is 0 Å². The van der Waals surface area contributed by atoms with E-state index in [1.807, 2.05) is 96.6 Å². The highest BCUT2D eigenvalue weighted by molar-refractivity contribution is 5.98. The molecule has 1 saturated heterocycles. The summed E-state index contributed by atoms with van der Waals surface area (Å²) in [5, 5.41) is 0.764. The first kappa shape index (κ1) is 23.7. The predicted molar refractivity (Wildman–Crippen MR) is 149 cm³/mol. The maximum Gasteiger partial charge on any atom is 0.261 e. The van der Waals surface area contributed by atoms with Gasteiger partial charge in [-0.2, -0.15) is 0 Å². The monoisotopic (exact) mass is 508 g/mol. The second-order valence-electron chi connectivity index (χ2n) is 9.75. The largest absolute Gasteiger partial charge is 0.397 e. The van der Waals surface area contributed by atoms with Crippen molar-refractivity contribution in [1.29, 1.82) is 0 Å². The molecule has 0 aliphatic carbocycles. The molecule has 2 aromatic heterocycles. The van der Waals surface area contributed by atoms with Crippen molar-refractivity contribution in [1.82, 2.24) is 19.9 Å². The number of nitrogen functional groups attached to an aromatic ring is 1. The van der Waals surface area contributed by atoms with E-state index in [-0.39, 0.29) is 11.5 Å². The molecule has 9 nitrogen and oxygen atoms in total. The first-order valence-electron chi connectivity index (χ1n) is 12.5. The third kappa shape index (κ3) is 3.97. The Hall–Kier alpha value is -4.63. The highest BCUT2D eigenvalue weighted by Gasteiger charge is 2.38. The molecule has 0 spiro atoms. The first-order valence-corrected chi connectivity index (χ1v) is 12.5. The van der Waals surface area contributed by atoms with E-state index in [1.165, 1.54) is 0 Å². The van der Waals surface area contributed by atoms with Crippen molar-refractivity contribution in [2.24, 2.45) is 0 Å². The van der Waals surface area contributed by atoms with Crippen molar-refractivity contribution in [2.45, 2.75) is 12.6 Å². The van der Waals surface area contributed by atoms with Crippen LogP contribution in [0.2, 0.25) is 0 Å². The Bertz CT molecular complexity index is 1730. The minimum absolute atomic E-state index is 0.0135. The zero-order chi connectivity index (χ0) is 26.4. The number of fused-ring (bicyclic) bond motifs is 2. The summed E-state index contributed by atoms with van der Waals surface area (Å²) >= 11 is 0. The van der Waals surface area contributed by atoms with Gasteiger partial charge in [0.25, 0.3) is 11.5 Å². The van der Waals surface area contributed by atoms with Crippen LogP contribution in [-0.2, 0) is 4.74 Å². The number of likely N-dealkylation sites (N-methyl/N-ethyl adjacent to an activating group) is 1. The number of ether oxygens (including phenoxy) is 1. The Kier molecular flexibility index (Phi) is 5.65. The average molecular weight is 509 g/mol. The lowest BCUT2D eigenvalue weighted by Crippen LogP contribution is -2.60. The standard InChI is InChI=1S/C29H28N6O3/c1-29(17-35(14-15-38-29)28(37)18-8-4-3-5-9-18)34(2)19-12-13-22-23(16-19)32-26(31-22)24-25(30)20-10-6-7-11-21(20)33-27(24)36/h3-13,16H,14-15,17H2,1-2H3,(H,31,32)(H3,30,33,36). The summed E-state index contributed by atoms with van der Waals surface area (Å²) < 4.78 is 6.20. The molecule has 1 aliphatic heterocycles. The Morgan fingerprint density at radius 3 is 2.63 bits per heavy atom. The number of morpholine rings is 1. The van der Waals surface area contributed by atoms with Crippen LogP contribution in [0.15, 0.2) is 77.6 Å². The van der Waals surface area contributed by atoms with Crippen LogP contribution < -0.4 is 16.2 Å². The third-order valence-electron chi connectivity index (χ3n) is 7.33. The number of aromatic nitrogens is 3. The number of anilines is 2. The van der Waals surface area contributed by atoms with Gasteiger partial charge in [-0.3, -0.25) is 9.59 Å². The summed E-state index contributed by atoms with van der Waals surface area (Å²) in [6.07, 6.45) is 0. The fraction of sp³-hybridized carbons (Fsp3) is 0.207. The SMILES string of the molecule is CN(c1ccc2nc(-c3c(N)c4ccccc4[nH]c3=O)[nH]c2c1)C1(C)CN(C(=O)c2ccccc2)CCO1. The number of rotatable bonds is 4. The van der Waals surface area contributed by atoms with E-state index in [9.17, 15) is 9.59 Å². The molecule has 1 amide bonds. The van der Waals surface area contributed by atoms with E-state index in [4.69, 9.17) is 10.5 Å². The van der Waals surface area contributed by atoms with Crippen molar-refractivity contribution >= 4 is 39.2 Å². The quantitative estimate of drug-likeness (QED) is 0.338. The summed E-state index contributed by atoms with van der Waals surface area (Å²) in [5.41, 5.74) is 9.75. The summed E-state index contributed by atoms with van der Waals surface area (Å²) in [7, 11) is 1.95. The second-order valence-corrected chi connectivity index (χ2v) is 9.75.